The second kappa shape index (κ2) is 11.4. The molecule has 1 aromatic heterocycles. The Hall–Kier alpha value is -2.45. The van der Waals surface area contributed by atoms with Crippen molar-refractivity contribution in [3.05, 3.63) is 46.7 Å². The number of allylic oxidation sites excluding steroid dienone is 1. The third-order valence-electron chi connectivity index (χ3n) is 5.35. The summed E-state index contributed by atoms with van der Waals surface area (Å²) >= 11 is 10.7. The van der Waals surface area contributed by atoms with Crippen molar-refractivity contribution in [2.24, 2.45) is 0 Å². The maximum Gasteiger partial charge on any atom is 0.412 e. The number of nitrogens with zero attached hydrogens (tertiary/aromatic N) is 1. The number of carbonyl (C=O) groups is 2. The van der Waals surface area contributed by atoms with E-state index >= 15 is 0 Å². The first-order chi connectivity index (χ1) is 15.4. The lowest BCUT2D eigenvalue weighted by Gasteiger charge is -2.22. The Morgan fingerprint density at radius 2 is 1.97 bits per heavy atom. The number of methoxy groups -OCH3 is 1. The minimum absolute atomic E-state index is 0.137. The van der Waals surface area contributed by atoms with Gasteiger partial charge in [-0.3, -0.25) is 10.1 Å². The van der Waals surface area contributed by atoms with Crippen LogP contribution in [0, 0.1) is 0 Å². The van der Waals surface area contributed by atoms with E-state index in [0.717, 1.165) is 47.4 Å². The molecule has 1 aliphatic rings. The van der Waals surface area contributed by atoms with Crippen molar-refractivity contribution >= 4 is 42.0 Å². The Morgan fingerprint density at radius 1 is 1.25 bits per heavy atom. The molecule has 0 aliphatic heterocycles. The molecule has 2 atom stereocenters. The Morgan fingerprint density at radius 3 is 2.66 bits per heavy atom. The van der Waals surface area contributed by atoms with Crippen LogP contribution in [0.2, 0.25) is 0 Å². The van der Waals surface area contributed by atoms with Crippen LogP contribution >= 0.6 is 24.2 Å². The van der Waals surface area contributed by atoms with Crippen LogP contribution in [0.15, 0.2) is 45.7 Å². The largest absolute Gasteiger partial charge is 0.469 e. The van der Waals surface area contributed by atoms with Crippen molar-refractivity contribution in [3.63, 3.8) is 0 Å². The molecule has 1 N–H and O–H groups in total. The van der Waals surface area contributed by atoms with Crippen LogP contribution in [-0.2, 0) is 20.7 Å². The molecule has 0 fully saturated rings. The molecule has 0 saturated heterocycles. The fraction of sp³-hybridized carbons (Fsp3) is 0.435. The van der Waals surface area contributed by atoms with Crippen molar-refractivity contribution in [2.45, 2.75) is 56.8 Å². The van der Waals surface area contributed by atoms with Crippen LogP contribution in [0.5, 0.6) is 0 Å². The van der Waals surface area contributed by atoms with Crippen LogP contribution in [0.25, 0.3) is 11.3 Å². The Bertz CT molecular complexity index is 973. The highest BCUT2D eigenvalue weighted by Crippen LogP contribution is 2.31. The fourth-order valence-corrected chi connectivity index (χ4v) is 4.38. The maximum atomic E-state index is 12.4. The summed E-state index contributed by atoms with van der Waals surface area (Å²) in [6, 6.07) is 7.59. The molecule has 0 saturated carbocycles. The molecule has 9 heteroatoms. The number of amides is 1. The third kappa shape index (κ3) is 6.53. The van der Waals surface area contributed by atoms with Gasteiger partial charge in [0.15, 0.2) is 0 Å². The van der Waals surface area contributed by atoms with Gasteiger partial charge in [0.1, 0.15) is 23.7 Å². The zero-order valence-corrected chi connectivity index (χ0v) is 19.7. The van der Waals surface area contributed by atoms with Gasteiger partial charge in [-0.15, -0.1) is 0 Å². The van der Waals surface area contributed by atoms with Gasteiger partial charge in [0, 0.05) is 15.8 Å². The first kappa shape index (κ1) is 24.2. The van der Waals surface area contributed by atoms with Crippen LogP contribution < -0.4 is 5.32 Å². The Kier molecular flexibility index (Phi) is 8.64. The lowest BCUT2D eigenvalue weighted by molar-refractivity contribution is -0.140. The number of rotatable bonds is 8. The average molecular weight is 479 g/mol. The SMILES string of the molecule is COC(=O)CC(S)Cc1ccc(-c2nocc2NC(=O)OC(C)C2=C(Cl)CCCC2)cc1. The van der Waals surface area contributed by atoms with E-state index in [-0.39, 0.29) is 17.6 Å². The van der Waals surface area contributed by atoms with E-state index < -0.39 is 12.2 Å². The Balaban J connectivity index is 1.61. The number of ether oxygens (including phenoxy) is 2. The van der Waals surface area contributed by atoms with Crippen LogP contribution in [0.3, 0.4) is 0 Å². The number of anilines is 1. The van der Waals surface area contributed by atoms with Gasteiger partial charge in [0.25, 0.3) is 0 Å². The summed E-state index contributed by atoms with van der Waals surface area (Å²) in [5.41, 5.74) is 3.67. The van der Waals surface area contributed by atoms with Gasteiger partial charge in [-0.25, -0.2) is 4.79 Å². The second-order valence-electron chi connectivity index (χ2n) is 7.72. The van der Waals surface area contributed by atoms with E-state index in [1.807, 2.05) is 31.2 Å². The number of hydrogen-bond acceptors (Lipinski definition) is 7. The quantitative estimate of drug-likeness (QED) is 0.371. The first-order valence-electron chi connectivity index (χ1n) is 10.5. The second-order valence-corrected chi connectivity index (χ2v) is 8.91. The van der Waals surface area contributed by atoms with Gasteiger partial charge >= 0.3 is 12.1 Å². The lowest BCUT2D eigenvalue weighted by Crippen LogP contribution is -2.23. The van der Waals surface area contributed by atoms with Crippen LogP contribution in [-0.4, -0.2) is 35.7 Å². The molecule has 7 nitrogen and oxygen atoms in total. The molecule has 0 radical (unpaired) electrons. The summed E-state index contributed by atoms with van der Waals surface area (Å²) in [6.45, 7) is 1.82. The molecular weight excluding hydrogens is 452 g/mol. The number of halogens is 1. The zero-order chi connectivity index (χ0) is 23.1. The monoisotopic (exact) mass is 478 g/mol. The van der Waals surface area contributed by atoms with Crippen molar-refractivity contribution < 1.29 is 23.6 Å². The van der Waals surface area contributed by atoms with E-state index in [4.69, 9.17) is 20.9 Å². The predicted octanol–water partition coefficient (Wildman–Crippen LogP) is 5.75. The smallest absolute Gasteiger partial charge is 0.412 e. The number of thiol groups is 1. The molecule has 2 aromatic rings. The molecule has 1 aliphatic carbocycles. The zero-order valence-electron chi connectivity index (χ0n) is 18.1. The summed E-state index contributed by atoms with van der Waals surface area (Å²) in [5, 5.41) is 7.36. The van der Waals surface area contributed by atoms with Crippen molar-refractivity contribution in [1.82, 2.24) is 5.16 Å². The normalized spacial score (nSPS) is 15.8. The minimum Gasteiger partial charge on any atom is -0.469 e. The molecule has 3 rings (SSSR count). The Labute approximate surface area is 197 Å². The van der Waals surface area contributed by atoms with E-state index in [2.05, 4.69) is 27.8 Å². The van der Waals surface area contributed by atoms with E-state index in [0.29, 0.717) is 17.8 Å². The van der Waals surface area contributed by atoms with Gasteiger partial charge in [-0.05, 0) is 50.2 Å². The summed E-state index contributed by atoms with van der Waals surface area (Å²) in [6.07, 6.45) is 4.99. The van der Waals surface area contributed by atoms with Crippen molar-refractivity contribution in [3.8, 4) is 11.3 Å². The number of esters is 1. The lowest BCUT2D eigenvalue weighted by atomic mass is 9.96. The van der Waals surface area contributed by atoms with Gasteiger partial charge in [-0.1, -0.05) is 41.0 Å². The predicted molar refractivity (Wildman–Crippen MR) is 126 cm³/mol. The molecule has 172 valence electrons. The van der Waals surface area contributed by atoms with E-state index in [1.54, 1.807) is 0 Å². The average Bonchev–Trinajstić information content (AvgIpc) is 3.22. The van der Waals surface area contributed by atoms with Crippen LogP contribution in [0.4, 0.5) is 10.5 Å². The molecule has 1 amide bonds. The van der Waals surface area contributed by atoms with Gasteiger partial charge < -0.3 is 14.0 Å². The standard InChI is InChI=1S/C23H27ClN2O5S/c1-14(18-5-3-4-6-19(18)24)31-23(28)25-20-13-30-26-22(20)16-9-7-15(8-10-16)11-17(32)12-21(27)29-2/h7-10,13-14,17,32H,3-6,11-12H2,1-2H3,(H,25,28). The highest BCUT2D eigenvalue weighted by Gasteiger charge is 2.21. The van der Waals surface area contributed by atoms with Gasteiger partial charge in [-0.2, -0.15) is 12.6 Å². The van der Waals surface area contributed by atoms with Gasteiger partial charge in [0.2, 0.25) is 0 Å². The molecule has 1 heterocycles. The summed E-state index contributed by atoms with van der Waals surface area (Å²) in [5.74, 6) is -0.289. The highest BCUT2D eigenvalue weighted by molar-refractivity contribution is 7.81. The topological polar surface area (TPSA) is 90.7 Å². The number of benzene rings is 1. The number of carbonyl (C=O) groups excluding carboxylic acids is 2. The van der Waals surface area contributed by atoms with Crippen LogP contribution in [0.1, 0.15) is 44.6 Å². The summed E-state index contributed by atoms with van der Waals surface area (Å²) in [4.78, 5) is 23.8. The fourth-order valence-electron chi connectivity index (χ4n) is 3.64. The van der Waals surface area contributed by atoms with Crippen molar-refractivity contribution in [1.29, 1.82) is 0 Å². The third-order valence-corrected chi connectivity index (χ3v) is 6.15. The molecule has 0 bridgehead atoms. The highest BCUT2D eigenvalue weighted by atomic mass is 35.5. The minimum atomic E-state index is -0.596. The first-order valence-corrected chi connectivity index (χ1v) is 11.4. The number of nitrogens with one attached hydrogen (secondary N) is 1. The van der Waals surface area contributed by atoms with Gasteiger partial charge in [0.05, 0.1) is 13.5 Å². The number of hydrogen-bond donors (Lipinski definition) is 2. The molecule has 32 heavy (non-hydrogen) atoms. The van der Waals surface area contributed by atoms with E-state index in [1.165, 1.54) is 13.4 Å². The molecule has 2 unspecified atom stereocenters. The maximum absolute atomic E-state index is 12.4. The molecule has 1 aromatic carbocycles. The summed E-state index contributed by atoms with van der Waals surface area (Å²) < 4.78 is 15.3. The number of aromatic nitrogens is 1. The molecular formula is C23H27ClN2O5S. The summed E-state index contributed by atoms with van der Waals surface area (Å²) in [7, 11) is 1.36. The van der Waals surface area contributed by atoms with E-state index in [9.17, 15) is 9.59 Å². The molecule has 0 spiro atoms. The van der Waals surface area contributed by atoms with Crippen molar-refractivity contribution in [2.75, 3.05) is 12.4 Å².